The Kier molecular flexibility index (Phi) is 16.5. The molecular weight excluding hydrogens is 721 g/mol. The third-order valence-corrected chi connectivity index (χ3v) is 14.2. The Morgan fingerprint density at radius 3 is 1.62 bits per heavy atom. The minimum Gasteiger partial charge on any atom is -0.351 e. The van der Waals surface area contributed by atoms with Crippen molar-refractivity contribution in [2.45, 2.75) is 27.3 Å². The Balaban J connectivity index is 1.51. The first-order chi connectivity index (χ1) is 24.7. The molecule has 3 aromatic rings. The summed E-state index contributed by atoms with van der Waals surface area (Å²) in [5.74, 6) is -0.104. The Bertz CT molecular complexity index is 1720. The fraction of sp³-hybridized carbons (Fsp3) is 0.611. The van der Waals surface area contributed by atoms with Crippen molar-refractivity contribution in [2.75, 3.05) is 118 Å². The van der Waals surface area contributed by atoms with Gasteiger partial charge in [-0.3, -0.25) is 43.1 Å². The topological polar surface area (TPSA) is 134 Å². The predicted molar refractivity (Wildman–Crippen MR) is 212 cm³/mol. The van der Waals surface area contributed by atoms with Gasteiger partial charge in [-0.25, -0.2) is 0 Å². The van der Waals surface area contributed by atoms with Crippen molar-refractivity contribution in [2.24, 2.45) is 0 Å². The van der Waals surface area contributed by atoms with E-state index in [1.807, 2.05) is 57.3 Å². The van der Waals surface area contributed by atoms with Gasteiger partial charge < -0.3 is 18.9 Å². The van der Waals surface area contributed by atoms with Crippen LogP contribution in [0.4, 0.5) is 0 Å². The van der Waals surface area contributed by atoms with Gasteiger partial charge in [0, 0.05) is 95.9 Å². The van der Waals surface area contributed by atoms with Crippen LogP contribution in [0.2, 0.25) is 0 Å². The van der Waals surface area contributed by atoms with Crippen molar-refractivity contribution in [1.82, 2.24) is 29.9 Å². The summed E-state index contributed by atoms with van der Waals surface area (Å²) in [6.45, 7) is 16.6. The first-order valence-electron chi connectivity index (χ1n) is 18.3. The van der Waals surface area contributed by atoms with E-state index in [2.05, 4.69) is 42.0 Å². The van der Waals surface area contributed by atoms with Gasteiger partial charge in [-0.15, -0.1) is 0 Å². The van der Waals surface area contributed by atoms with Crippen molar-refractivity contribution < 1.29 is 32.1 Å². The Labute approximate surface area is 310 Å². The fourth-order valence-corrected chi connectivity index (χ4v) is 11.6. The van der Waals surface area contributed by atoms with E-state index in [-0.39, 0.29) is 31.3 Å². The molecule has 1 fully saturated rings. The largest absolute Gasteiger partial charge is 0.351 e. The first kappa shape index (κ1) is 42.7. The third-order valence-electron chi connectivity index (χ3n) is 9.02. The number of carbonyl (C=O) groups is 1. The molecule has 52 heavy (non-hydrogen) atoms. The monoisotopic (exact) mass is 780 g/mol. The number of fused-ring (bicyclic) bond motifs is 3. The molecule has 0 aliphatic carbocycles. The molecule has 0 spiro atoms. The van der Waals surface area contributed by atoms with E-state index >= 15 is 0 Å². The Morgan fingerprint density at radius 2 is 1.13 bits per heavy atom. The van der Waals surface area contributed by atoms with Gasteiger partial charge in [0.15, 0.2) is 0 Å². The Hall–Kier alpha value is -2.01. The molecule has 3 unspecified atom stereocenters. The number of nitrogens with one attached hydrogen (secondary N) is 1. The van der Waals surface area contributed by atoms with E-state index in [1.165, 1.54) is 0 Å². The molecule has 2 heterocycles. The molecule has 16 heteroatoms. The van der Waals surface area contributed by atoms with E-state index < -0.39 is 22.1 Å². The molecular formula is C36H59N6O7P3. The molecule has 4 rings (SSSR count). The van der Waals surface area contributed by atoms with Crippen LogP contribution in [-0.2, 0) is 38.6 Å². The highest BCUT2D eigenvalue weighted by atomic mass is 31.2. The molecule has 1 aliphatic heterocycles. The molecule has 3 atom stereocenters. The zero-order valence-corrected chi connectivity index (χ0v) is 34.6. The number of hydrogen-bond acceptors (Lipinski definition) is 12. The van der Waals surface area contributed by atoms with Gasteiger partial charge in [-0.05, 0) is 43.9 Å². The van der Waals surface area contributed by atoms with E-state index in [1.54, 1.807) is 20.0 Å². The maximum Gasteiger partial charge on any atom is 0.234 e. The molecule has 1 amide bonds. The lowest BCUT2D eigenvalue weighted by Crippen LogP contribution is -2.48. The normalized spacial score (nSPS) is 20.0. The molecule has 1 saturated heterocycles. The maximum atomic E-state index is 13.5. The smallest absolute Gasteiger partial charge is 0.234 e. The molecule has 13 nitrogen and oxygen atoms in total. The van der Waals surface area contributed by atoms with Gasteiger partial charge in [-0.2, -0.15) is 0 Å². The van der Waals surface area contributed by atoms with Crippen LogP contribution < -0.4 is 5.32 Å². The van der Waals surface area contributed by atoms with Gasteiger partial charge in [0.2, 0.25) is 28.0 Å². The van der Waals surface area contributed by atoms with Gasteiger partial charge in [0.1, 0.15) is 0 Å². The zero-order valence-electron chi connectivity index (χ0n) is 31.9. The summed E-state index contributed by atoms with van der Waals surface area (Å²) in [4.78, 5) is 26.6. The third kappa shape index (κ3) is 14.0. The second-order valence-electron chi connectivity index (χ2n) is 13.8. The average molecular weight is 781 g/mol. The van der Waals surface area contributed by atoms with Crippen LogP contribution in [0, 0.1) is 0 Å². The second-order valence-corrected chi connectivity index (χ2v) is 21.5. The highest BCUT2D eigenvalue weighted by Crippen LogP contribution is 2.45. The minimum absolute atomic E-state index is 0.104. The van der Waals surface area contributed by atoms with Gasteiger partial charge in [0.05, 0.1) is 50.7 Å². The summed E-state index contributed by atoms with van der Waals surface area (Å²) >= 11 is 0. The summed E-state index contributed by atoms with van der Waals surface area (Å²) in [7, 11) is -8.69. The van der Waals surface area contributed by atoms with Crippen LogP contribution in [0.3, 0.4) is 0 Å². The molecule has 0 saturated carbocycles. The van der Waals surface area contributed by atoms with Crippen LogP contribution in [0.5, 0.6) is 0 Å². The van der Waals surface area contributed by atoms with E-state index in [9.17, 15) is 18.5 Å². The number of pyridine rings is 1. The summed E-state index contributed by atoms with van der Waals surface area (Å²) in [6, 6.07) is 14.2. The summed E-state index contributed by atoms with van der Waals surface area (Å²) in [6.07, 6.45) is 2.71. The first-order valence-corrected chi connectivity index (χ1v) is 25.0. The van der Waals surface area contributed by atoms with Crippen molar-refractivity contribution in [1.29, 1.82) is 0 Å². The van der Waals surface area contributed by atoms with Crippen molar-refractivity contribution >= 4 is 49.7 Å². The number of nitrogens with zero attached hydrogens (tertiary/aromatic N) is 5. The van der Waals surface area contributed by atoms with E-state index in [4.69, 9.17) is 13.6 Å². The van der Waals surface area contributed by atoms with Crippen LogP contribution in [0.25, 0.3) is 21.7 Å². The number of carbonyl (C=O) groups excluding carboxylic acids is 1. The number of hydrogen-bond donors (Lipinski definition) is 1. The van der Waals surface area contributed by atoms with Crippen LogP contribution >= 0.6 is 22.1 Å². The van der Waals surface area contributed by atoms with E-state index in [0.717, 1.165) is 27.2 Å². The van der Waals surface area contributed by atoms with Crippen molar-refractivity contribution in [3.8, 4) is 0 Å². The van der Waals surface area contributed by atoms with Crippen LogP contribution in [0.1, 0.15) is 26.3 Å². The van der Waals surface area contributed by atoms with Crippen LogP contribution in [-0.4, -0.2) is 148 Å². The van der Waals surface area contributed by atoms with Crippen molar-refractivity contribution in [3.05, 3.63) is 54.2 Å². The number of rotatable bonds is 16. The van der Waals surface area contributed by atoms with Gasteiger partial charge >= 0.3 is 0 Å². The lowest BCUT2D eigenvalue weighted by Gasteiger charge is -2.35. The summed E-state index contributed by atoms with van der Waals surface area (Å²) < 4.78 is 56.9. The standard InChI is InChI=1S/C36H59N6O7P3/c1-7-47-50(4,44)28-40-18-16-39(27-36(43)38-25-31-14-15-35-34(24-31)33-13-11-10-12-32(33)26-37-35)17-19-41(29-51(5,45)48-8-2)21-23-42(22-20-40)30-52(6,46)49-9-3/h10-15,24,26H,7-9,16-23,25,27-30H2,1-6H3,(H,38,43). The molecule has 0 bridgehead atoms. The number of benzene rings is 2. The molecule has 1 aromatic heterocycles. The summed E-state index contributed by atoms with van der Waals surface area (Å²) in [5, 5.41) is 6.35. The SMILES string of the molecule is CCOP(C)(=O)CN1CCN(CC(=O)NCc2ccc3ncc4ccccc4c3c2)CCN(CP(C)(=O)OCC)CCN(CP(C)(=O)OCC)CC1. The lowest BCUT2D eigenvalue weighted by atomic mass is 10.0. The van der Waals surface area contributed by atoms with Gasteiger partial charge in [-0.1, -0.05) is 30.3 Å². The van der Waals surface area contributed by atoms with Gasteiger partial charge in [0.25, 0.3) is 0 Å². The molecule has 2 aromatic carbocycles. The lowest BCUT2D eigenvalue weighted by molar-refractivity contribution is -0.122. The zero-order chi connectivity index (χ0) is 37.8. The number of aromatic nitrogens is 1. The minimum atomic E-state index is -2.90. The average Bonchev–Trinajstić information content (AvgIpc) is 3.08. The van der Waals surface area contributed by atoms with Crippen LogP contribution in [0.15, 0.2) is 48.7 Å². The Morgan fingerprint density at radius 1 is 0.673 bits per heavy atom. The summed E-state index contributed by atoms with van der Waals surface area (Å²) in [5.41, 5.74) is 1.89. The predicted octanol–water partition coefficient (Wildman–Crippen LogP) is 5.93. The quantitative estimate of drug-likeness (QED) is 0.136. The second kappa shape index (κ2) is 20.1. The van der Waals surface area contributed by atoms with Crippen molar-refractivity contribution in [3.63, 3.8) is 0 Å². The highest BCUT2D eigenvalue weighted by molar-refractivity contribution is 7.58. The molecule has 0 radical (unpaired) electrons. The highest BCUT2D eigenvalue weighted by Gasteiger charge is 2.27. The fourth-order valence-electron chi connectivity index (χ4n) is 6.67. The number of amides is 1. The maximum absolute atomic E-state index is 13.5. The molecule has 290 valence electrons. The molecule has 1 aliphatic rings. The molecule has 1 N–H and O–H groups in total. The van der Waals surface area contributed by atoms with E-state index in [0.29, 0.717) is 78.7 Å².